The maximum Gasteiger partial charge on any atom is 0.234 e. The molecule has 1 aromatic carbocycles. The molecule has 2 aromatic rings. The molecule has 3 rings (SSSR count). The second-order valence-corrected chi connectivity index (χ2v) is 8.28. The number of thioether (sulfide) groups is 1. The van der Waals surface area contributed by atoms with Gasteiger partial charge in [-0.05, 0) is 29.9 Å². The largest absolute Gasteiger partial charge is 0.325 e. The maximum atomic E-state index is 12.3. The Bertz CT molecular complexity index is 722. The zero-order chi connectivity index (χ0) is 18.4. The highest BCUT2D eigenvalue weighted by atomic mass is 32.2. The zero-order valence-electron chi connectivity index (χ0n) is 15.6. The van der Waals surface area contributed by atoms with Crippen LogP contribution in [-0.4, -0.2) is 26.8 Å². The van der Waals surface area contributed by atoms with E-state index in [1.165, 1.54) is 43.9 Å². The van der Waals surface area contributed by atoms with Gasteiger partial charge in [0.2, 0.25) is 11.1 Å². The SMILES string of the molecule is CC(C)c1ccccc1NC(=O)CSc1n[nH]c(CCC2CCCC2)n1. The molecule has 140 valence electrons. The summed E-state index contributed by atoms with van der Waals surface area (Å²) in [7, 11) is 0. The van der Waals surface area contributed by atoms with Gasteiger partial charge < -0.3 is 5.32 Å². The number of aromatic amines is 1. The van der Waals surface area contributed by atoms with Crippen LogP contribution in [0.25, 0.3) is 0 Å². The summed E-state index contributed by atoms with van der Waals surface area (Å²) >= 11 is 1.38. The highest BCUT2D eigenvalue weighted by Gasteiger charge is 2.16. The van der Waals surface area contributed by atoms with Gasteiger partial charge in [0.1, 0.15) is 5.82 Å². The van der Waals surface area contributed by atoms with E-state index in [2.05, 4.69) is 40.4 Å². The third kappa shape index (κ3) is 5.34. The van der Waals surface area contributed by atoms with E-state index < -0.39 is 0 Å². The van der Waals surface area contributed by atoms with Crippen LogP contribution >= 0.6 is 11.8 Å². The molecule has 0 unspecified atom stereocenters. The van der Waals surface area contributed by atoms with Crippen molar-refractivity contribution in [3.8, 4) is 0 Å². The summed E-state index contributed by atoms with van der Waals surface area (Å²) in [5, 5.41) is 10.9. The molecule has 0 bridgehead atoms. The van der Waals surface area contributed by atoms with E-state index in [1.54, 1.807) is 0 Å². The van der Waals surface area contributed by atoms with Crippen molar-refractivity contribution in [3.63, 3.8) is 0 Å². The molecule has 1 heterocycles. The van der Waals surface area contributed by atoms with Crippen molar-refractivity contribution >= 4 is 23.4 Å². The van der Waals surface area contributed by atoms with Crippen LogP contribution < -0.4 is 5.32 Å². The fourth-order valence-corrected chi connectivity index (χ4v) is 4.14. The molecule has 0 saturated heterocycles. The van der Waals surface area contributed by atoms with Crippen molar-refractivity contribution < 1.29 is 4.79 Å². The first kappa shape index (κ1) is 19.0. The number of nitrogens with zero attached hydrogens (tertiary/aromatic N) is 2. The number of hydrogen-bond donors (Lipinski definition) is 2. The van der Waals surface area contributed by atoms with Gasteiger partial charge in [0.25, 0.3) is 0 Å². The Balaban J connectivity index is 1.46. The monoisotopic (exact) mass is 372 g/mol. The molecule has 1 saturated carbocycles. The molecule has 0 atom stereocenters. The molecule has 6 heteroatoms. The van der Waals surface area contributed by atoms with E-state index >= 15 is 0 Å². The minimum Gasteiger partial charge on any atom is -0.325 e. The number of aromatic nitrogens is 3. The number of hydrogen-bond acceptors (Lipinski definition) is 4. The Morgan fingerprint density at radius 3 is 2.85 bits per heavy atom. The molecule has 0 aliphatic heterocycles. The predicted molar refractivity (Wildman–Crippen MR) is 107 cm³/mol. The first-order valence-corrected chi connectivity index (χ1v) is 10.5. The van der Waals surface area contributed by atoms with Gasteiger partial charge in [0.15, 0.2) is 0 Å². The Kier molecular flexibility index (Phi) is 6.72. The Hall–Kier alpha value is -1.82. The lowest BCUT2D eigenvalue weighted by Crippen LogP contribution is -2.15. The first-order valence-electron chi connectivity index (χ1n) is 9.54. The van der Waals surface area contributed by atoms with E-state index in [-0.39, 0.29) is 5.91 Å². The third-order valence-corrected chi connectivity index (χ3v) is 5.81. The number of amides is 1. The van der Waals surface area contributed by atoms with Gasteiger partial charge in [-0.3, -0.25) is 9.89 Å². The normalized spacial score (nSPS) is 14.9. The molecular formula is C20H28N4OS. The molecule has 1 fully saturated rings. The minimum atomic E-state index is -0.0274. The molecule has 1 amide bonds. The summed E-state index contributed by atoms with van der Waals surface area (Å²) in [6, 6.07) is 7.95. The fraction of sp³-hybridized carbons (Fsp3) is 0.550. The topological polar surface area (TPSA) is 70.7 Å². The molecule has 1 aliphatic rings. The summed E-state index contributed by atoms with van der Waals surface area (Å²) in [6.45, 7) is 4.25. The van der Waals surface area contributed by atoms with Crippen molar-refractivity contribution in [2.45, 2.75) is 63.4 Å². The van der Waals surface area contributed by atoms with Crippen LogP contribution in [0.4, 0.5) is 5.69 Å². The maximum absolute atomic E-state index is 12.3. The highest BCUT2D eigenvalue weighted by Crippen LogP contribution is 2.28. The van der Waals surface area contributed by atoms with Crippen molar-refractivity contribution in [2.24, 2.45) is 5.92 Å². The van der Waals surface area contributed by atoms with Crippen LogP contribution in [0.15, 0.2) is 29.4 Å². The number of nitrogens with one attached hydrogen (secondary N) is 2. The molecule has 1 aliphatic carbocycles. The molecule has 1 aromatic heterocycles. The molecule has 0 spiro atoms. The summed E-state index contributed by atoms with van der Waals surface area (Å²) < 4.78 is 0. The molecule has 2 N–H and O–H groups in total. The van der Waals surface area contributed by atoms with Gasteiger partial charge >= 0.3 is 0 Å². The van der Waals surface area contributed by atoms with Crippen LogP contribution in [-0.2, 0) is 11.2 Å². The average molecular weight is 373 g/mol. The van der Waals surface area contributed by atoms with Gasteiger partial charge in [-0.2, -0.15) is 0 Å². The smallest absolute Gasteiger partial charge is 0.234 e. The van der Waals surface area contributed by atoms with Crippen molar-refractivity contribution in [3.05, 3.63) is 35.7 Å². The summed E-state index contributed by atoms with van der Waals surface area (Å²) in [6.07, 6.45) is 7.59. The highest BCUT2D eigenvalue weighted by molar-refractivity contribution is 7.99. The average Bonchev–Trinajstić information content (AvgIpc) is 3.30. The van der Waals surface area contributed by atoms with E-state index in [1.807, 2.05) is 18.2 Å². The van der Waals surface area contributed by atoms with Crippen molar-refractivity contribution in [1.29, 1.82) is 0 Å². The summed E-state index contributed by atoms with van der Waals surface area (Å²) in [4.78, 5) is 16.8. The predicted octanol–water partition coefficient (Wildman–Crippen LogP) is 4.78. The number of carbonyl (C=O) groups excluding carboxylic acids is 1. The van der Waals surface area contributed by atoms with Crippen molar-refractivity contribution in [1.82, 2.24) is 15.2 Å². The number of rotatable bonds is 8. The zero-order valence-corrected chi connectivity index (χ0v) is 16.4. The van der Waals surface area contributed by atoms with E-state index in [0.717, 1.165) is 29.4 Å². The number of para-hydroxylation sites is 1. The summed E-state index contributed by atoms with van der Waals surface area (Å²) in [5.41, 5.74) is 2.04. The number of benzene rings is 1. The van der Waals surface area contributed by atoms with Gasteiger partial charge in [-0.25, -0.2) is 4.98 Å². The molecule has 0 radical (unpaired) electrons. The number of aryl methyl sites for hydroxylation is 1. The van der Waals surface area contributed by atoms with Gasteiger partial charge in [-0.1, -0.05) is 69.5 Å². The minimum absolute atomic E-state index is 0.0274. The van der Waals surface area contributed by atoms with Crippen LogP contribution in [0.5, 0.6) is 0 Å². The van der Waals surface area contributed by atoms with Crippen LogP contribution in [0.1, 0.15) is 63.3 Å². The molecule has 5 nitrogen and oxygen atoms in total. The quantitative estimate of drug-likeness (QED) is 0.654. The molecular weight excluding hydrogens is 344 g/mol. The third-order valence-electron chi connectivity index (χ3n) is 4.96. The molecule has 26 heavy (non-hydrogen) atoms. The van der Waals surface area contributed by atoms with Gasteiger partial charge in [-0.15, -0.1) is 5.10 Å². The lowest BCUT2D eigenvalue weighted by Gasteiger charge is -2.13. The van der Waals surface area contributed by atoms with Crippen molar-refractivity contribution in [2.75, 3.05) is 11.1 Å². The van der Waals surface area contributed by atoms with E-state index in [0.29, 0.717) is 16.8 Å². The lowest BCUT2D eigenvalue weighted by molar-refractivity contribution is -0.113. The first-order chi connectivity index (χ1) is 12.6. The number of carbonyl (C=O) groups is 1. The van der Waals surface area contributed by atoms with Crippen LogP contribution in [0, 0.1) is 5.92 Å². The van der Waals surface area contributed by atoms with Gasteiger partial charge in [0, 0.05) is 12.1 Å². The second kappa shape index (κ2) is 9.21. The summed E-state index contributed by atoms with van der Waals surface area (Å²) in [5.74, 6) is 2.44. The van der Waals surface area contributed by atoms with Crippen LogP contribution in [0.2, 0.25) is 0 Å². The second-order valence-electron chi connectivity index (χ2n) is 7.33. The Morgan fingerprint density at radius 2 is 2.08 bits per heavy atom. The Labute approximate surface area is 159 Å². The number of anilines is 1. The van der Waals surface area contributed by atoms with Gasteiger partial charge in [0.05, 0.1) is 5.75 Å². The van der Waals surface area contributed by atoms with E-state index in [4.69, 9.17) is 0 Å². The standard InChI is InChI=1S/C20H28N4OS/c1-14(2)16-9-5-6-10-17(16)21-19(25)13-26-20-22-18(23-24-20)12-11-15-7-3-4-8-15/h5-6,9-10,14-15H,3-4,7-8,11-13H2,1-2H3,(H,21,25)(H,22,23,24). The van der Waals surface area contributed by atoms with E-state index in [9.17, 15) is 4.79 Å². The fourth-order valence-electron chi connectivity index (χ4n) is 3.52. The number of H-pyrrole nitrogens is 1. The van der Waals surface area contributed by atoms with Crippen LogP contribution in [0.3, 0.4) is 0 Å². The Morgan fingerprint density at radius 1 is 1.31 bits per heavy atom. The lowest BCUT2D eigenvalue weighted by atomic mass is 10.0.